The first-order valence-electron chi connectivity index (χ1n) is 9.14. The molecule has 1 aromatic rings. The number of rotatable bonds is 6. The maximum absolute atomic E-state index is 12.9. The highest BCUT2D eigenvalue weighted by Gasteiger charge is 2.53. The molecule has 0 spiro atoms. The van der Waals surface area contributed by atoms with Crippen LogP contribution in [0.15, 0.2) is 29.1 Å². The Balaban J connectivity index is 1.50. The number of allylic oxidation sites excluding steroid dienone is 1. The fraction of sp³-hybridized carbons (Fsp3) is 0.412. The molecule has 1 aromatic heterocycles. The first-order chi connectivity index (χ1) is 14.5. The summed E-state index contributed by atoms with van der Waals surface area (Å²) in [7, 11) is 0. The van der Waals surface area contributed by atoms with Gasteiger partial charge in [0, 0.05) is 17.3 Å². The quantitative estimate of drug-likeness (QED) is 0.240. The lowest BCUT2D eigenvalue weighted by Crippen LogP contribution is -2.70. The number of fused-ring (bicyclic) bond motifs is 1. The highest BCUT2D eigenvalue weighted by Crippen LogP contribution is 2.37. The summed E-state index contributed by atoms with van der Waals surface area (Å²) in [4.78, 5) is 47.3. The number of carboxylic acids is 1. The van der Waals surface area contributed by atoms with Gasteiger partial charge in [-0.1, -0.05) is 11.2 Å². The molecule has 1 fully saturated rings. The van der Waals surface area contributed by atoms with E-state index in [0.29, 0.717) is 5.75 Å². The lowest BCUT2D eigenvalue weighted by Gasteiger charge is -2.48. The number of carboxylic acid groups (broad SMARTS) is 1. The van der Waals surface area contributed by atoms with Gasteiger partial charge in [-0.15, -0.1) is 11.8 Å². The fourth-order valence-electron chi connectivity index (χ4n) is 3.25. The van der Waals surface area contributed by atoms with Gasteiger partial charge < -0.3 is 21.0 Å². The normalized spacial score (nSPS) is 25.8. The summed E-state index contributed by atoms with van der Waals surface area (Å²) < 4.78 is 4.02. The maximum Gasteiger partial charge on any atom is 0.352 e. The summed E-state index contributed by atoms with van der Waals surface area (Å²) >= 11 is 2.26. The van der Waals surface area contributed by atoms with E-state index in [1.807, 2.05) is 12.2 Å². The van der Waals surface area contributed by atoms with Gasteiger partial charge in [-0.05, 0) is 31.4 Å². The van der Waals surface area contributed by atoms with Crippen LogP contribution >= 0.6 is 23.3 Å². The third-order valence-corrected chi connectivity index (χ3v) is 6.44. The number of nitrogen functional groups attached to an aromatic ring is 1. The van der Waals surface area contributed by atoms with Gasteiger partial charge in [-0.3, -0.25) is 14.5 Å². The van der Waals surface area contributed by atoms with E-state index in [4.69, 9.17) is 10.6 Å². The molecule has 0 bridgehead atoms. The minimum Gasteiger partial charge on any atom is -0.477 e. The van der Waals surface area contributed by atoms with E-state index >= 15 is 0 Å². The molecule has 3 heterocycles. The number of carbonyl (C=O) groups is 3. The number of anilines is 1. The Morgan fingerprint density at radius 3 is 2.93 bits per heavy atom. The second kappa shape index (κ2) is 8.44. The molecule has 0 aromatic carbocycles. The average molecular weight is 451 g/mol. The number of thioether (sulfide) groups is 1. The van der Waals surface area contributed by atoms with E-state index in [0.717, 1.165) is 30.8 Å². The smallest absolute Gasteiger partial charge is 0.352 e. The molecule has 0 saturated carbocycles. The van der Waals surface area contributed by atoms with Gasteiger partial charge in [-0.25, -0.2) is 4.79 Å². The standard InChI is InChI=1S/C17H18N6O5S2/c18-17-20-12(22-30-17)10(21-28-8-4-2-1-3-5-8)13(24)19-11-14(25)23-9(16(26)27)6-7-29-15(11)23/h2,4,6,8,11,15H,1,3,5,7H2,(H,19,24)(H,26,27)(H2,18,20,22)/t8?,11?,15-/m0/s1. The molecule has 30 heavy (non-hydrogen) atoms. The van der Waals surface area contributed by atoms with E-state index in [1.165, 1.54) is 22.7 Å². The molecule has 1 saturated heterocycles. The zero-order valence-corrected chi connectivity index (χ0v) is 17.2. The number of β-lactam (4-membered cyclic amide) rings is 1. The van der Waals surface area contributed by atoms with Crippen molar-refractivity contribution in [3.8, 4) is 0 Å². The topological polar surface area (TPSA) is 160 Å². The highest BCUT2D eigenvalue weighted by molar-refractivity contribution is 8.00. The van der Waals surface area contributed by atoms with Crippen LogP contribution in [0.5, 0.6) is 0 Å². The van der Waals surface area contributed by atoms with E-state index < -0.39 is 29.2 Å². The molecule has 11 nitrogen and oxygen atoms in total. The van der Waals surface area contributed by atoms with Crippen molar-refractivity contribution >= 4 is 51.9 Å². The van der Waals surface area contributed by atoms with Gasteiger partial charge in [0.05, 0.1) is 0 Å². The molecule has 4 rings (SSSR count). The van der Waals surface area contributed by atoms with Crippen molar-refractivity contribution in [2.45, 2.75) is 36.8 Å². The molecule has 13 heteroatoms. The van der Waals surface area contributed by atoms with Crippen LogP contribution in [-0.4, -0.2) is 66.1 Å². The van der Waals surface area contributed by atoms with Crippen LogP contribution in [0.3, 0.4) is 0 Å². The van der Waals surface area contributed by atoms with Gasteiger partial charge >= 0.3 is 5.97 Å². The van der Waals surface area contributed by atoms with Gasteiger partial charge in [0.2, 0.25) is 11.5 Å². The van der Waals surface area contributed by atoms with Crippen molar-refractivity contribution in [1.29, 1.82) is 0 Å². The number of aliphatic carboxylic acids is 1. The Bertz CT molecular complexity index is 974. The van der Waals surface area contributed by atoms with E-state index in [9.17, 15) is 19.5 Å². The van der Waals surface area contributed by atoms with Gasteiger partial charge in [0.15, 0.2) is 5.13 Å². The Morgan fingerprint density at radius 1 is 1.43 bits per heavy atom. The van der Waals surface area contributed by atoms with Gasteiger partial charge in [-0.2, -0.15) is 9.36 Å². The summed E-state index contributed by atoms with van der Waals surface area (Å²) in [6.45, 7) is 0. The molecule has 0 radical (unpaired) electrons. The SMILES string of the molecule is Nc1nc(C(=NOC2C=CCCC2)C(=O)NC2C(=O)N3C(C(=O)O)=CCS[C@@H]23)ns1. The number of oxime groups is 1. The number of nitrogens with zero attached hydrogens (tertiary/aromatic N) is 4. The maximum atomic E-state index is 12.9. The van der Waals surface area contributed by atoms with Crippen LogP contribution in [0, 0.1) is 0 Å². The molecule has 2 aliphatic heterocycles. The van der Waals surface area contributed by atoms with Crippen LogP contribution in [0.1, 0.15) is 25.1 Å². The number of aromatic nitrogens is 2. The monoisotopic (exact) mass is 450 g/mol. The molecule has 1 aliphatic carbocycles. The Morgan fingerprint density at radius 2 is 2.27 bits per heavy atom. The van der Waals surface area contributed by atoms with Crippen LogP contribution in [0.4, 0.5) is 5.13 Å². The number of hydrogen-bond acceptors (Lipinski definition) is 10. The molecule has 3 atom stereocenters. The predicted molar refractivity (Wildman–Crippen MR) is 109 cm³/mol. The Hall–Kier alpha value is -2.93. The summed E-state index contributed by atoms with van der Waals surface area (Å²) in [6, 6.07) is -0.888. The van der Waals surface area contributed by atoms with Crippen LogP contribution < -0.4 is 11.1 Å². The highest BCUT2D eigenvalue weighted by atomic mass is 32.2. The number of hydrogen-bond donors (Lipinski definition) is 3. The lowest BCUT2D eigenvalue weighted by molar-refractivity contribution is -0.150. The Labute approximate surface area is 179 Å². The van der Waals surface area contributed by atoms with Crippen molar-refractivity contribution in [3.63, 3.8) is 0 Å². The molecule has 4 N–H and O–H groups in total. The van der Waals surface area contributed by atoms with Crippen molar-refractivity contribution < 1.29 is 24.3 Å². The zero-order chi connectivity index (χ0) is 21.3. The van der Waals surface area contributed by atoms with Crippen molar-refractivity contribution in [2.75, 3.05) is 11.5 Å². The molecular formula is C17H18N6O5S2. The summed E-state index contributed by atoms with van der Waals surface area (Å²) in [5.41, 5.74) is 5.36. The largest absolute Gasteiger partial charge is 0.477 e. The molecule has 3 aliphatic rings. The van der Waals surface area contributed by atoms with E-state index in [-0.39, 0.29) is 28.5 Å². The zero-order valence-electron chi connectivity index (χ0n) is 15.6. The van der Waals surface area contributed by atoms with Crippen LogP contribution in [-0.2, 0) is 19.2 Å². The molecule has 2 amide bonds. The molecule has 2 unspecified atom stereocenters. The second-order valence-electron chi connectivity index (χ2n) is 6.68. The number of nitrogens with two attached hydrogens (primary N) is 1. The number of carbonyl (C=O) groups excluding carboxylic acids is 2. The molecular weight excluding hydrogens is 432 g/mol. The van der Waals surface area contributed by atoms with Crippen molar-refractivity contribution in [2.24, 2.45) is 5.16 Å². The first-order valence-corrected chi connectivity index (χ1v) is 11.0. The van der Waals surface area contributed by atoms with Crippen LogP contribution in [0.2, 0.25) is 0 Å². The second-order valence-corrected chi connectivity index (χ2v) is 8.61. The van der Waals surface area contributed by atoms with Crippen molar-refractivity contribution in [3.05, 3.63) is 29.7 Å². The summed E-state index contributed by atoms with van der Waals surface area (Å²) in [5, 5.41) is 15.5. The summed E-state index contributed by atoms with van der Waals surface area (Å²) in [6.07, 6.45) is 7.74. The number of amides is 2. The van der Waals surface area contributed by atoms with Gasteiger partial charge in [0.1, 0.15) is 23.2 Å². The minimum absolute atomic E-state index is 0.000774. The fourth-order valence-corrected chi connectivity index (χ4v) is 4.88. The van der Waals surface area contributed by atoms with Crippen molar-refractivity contribution in [1.82, 2.24) is 19.6 Å². The third kappa shape index (κ3) is 3.89. The minimum atomic E-state index is -1.18. The first kappa shape index (κ1) is 20.3. The van der Waals surface area contributed by atoms with Gasteiger partial charge in [0.25, 0.3) is 11.8 Å². The van der Waals surface area contributed by atoms with Crippen LogP contribution in [0.25, 0.3) is 0 Å². The predicted octanol–water partition coefficient (Wildman–Crippen LogP) is 0.318. The van der Waals surface area contributed by atoms with E-state index in [2.05, 4.69) is 19.8 Å². The number of nitrogens with one attached hydrogen (secondary N) is 1. The Kier molecular flexibility index (Phi) is 5.72. The van der Waals surface area contributed by atoms with E-state index in [1.54, 1.807) is 0 Å². The average Bonchev–Trinajstić information content (AvgIpc) is 3.18. The summed E-state index contributed by atoms with van der Waals surface area (Å²) in [5.74, 6) is -1.96. The lowest BCUT2D eigenvalue weighted by atomic mass is 10.0. The molecule has 158 valence electrons. The third-order valence-electron chi connectivity index (χ3n) is 4.71.